The van der Waals surface area contributed by atoms with Crippen molar-refractivity contribution < 1.29 is 38.8 Å². The molecule has 0 saturated carbocycles. The van der Waals surface area contributed by atoms with Crippen molar-refractivity contribution in [3.8, 4) is 0 Å². The van der Waals surface area contributed by atoms with Gasteiger partial charge in [0.2, 0.25) is 0 Å². The van der Waals surface area contributed by atoms with Gasteiger partial charge < -0.3 is 52.9 Å². The van der Waals surface area contributed by atoms with Crippen molar-refractivity contribution in [2.24, 2.45) is 20.4 Å². The fourth-order valence-electron chi connectivity index (χ4n) is 5.17. The number of nitrogens with zero attached hydrogens (tertiary/aromatic N) is 4. The number of hydrogen-bond acceptors (Lipinski definition) is 7. The van der Waals surface area contributed by atoms with E-state index in [0.29, 0.717) is 28.8 Å². The molecule has 1 radical (unpaired) electrons. The second-order valence-electron chi connectivity index (χ2n) is 10.6. The molecule has 0 aliphatic carbocycles. The van der Waals surface area contributed by atoms with Gasteiger partial charge in [-0.1, -0.05) is 109 Å². The van der Waals surface area contributed by atoms with Crippen LogP contribution >= 0.6 is 7.26 Å². The third kappa shape index (κ3) is 10.0. The molecule has 7 nitrogen and oxygen atoms in total. The zero-order chi connectivity index (χ0) is 33.8. The van der Waals surface area contributed by atoms with Gasteiger partial charge in [0, 0.05) is 28.9 Å². The largest absolute Gasteiger partial charge is 2.00 e. The molecule has 0 aliphatic rings. The van der Waals surface area contributed by atoms with Crippen LogP contribution in [0.1, 0.15) is 28.4 Å². The van der Waals surface area contributed by atoms with Gasteiger partial charge in [0.15, 0.2) is 5.78 Å². The van der Waals surface area contributed by atoms with E-state index in [1.807, 2.05) is 48.5 Å². The minimum atomic E-state index is -2.21. The van der Waals surface area contributed by atoms with Gasteiger partial charge in [-0.3, -0.25) is 4.79 Å². The predicted octanol–water partition coefficient (Wildman–Crippen LogP) is 2.57. The fraction of sp³-hybridized carbons (Fsp3) is 0.0789. The molecule has 12 heteroatoms. The molecule has 5 aromatic carbocycles. The van der Waals surface area contributed by atoms with E-state index in [2.05, 4.69) is 104 Å². The van der Waals surface area contributed by atoms with Gasteiger partial charge in [0.05, 0.1) is 0 Å². The van der Waals surface area contributed by atoms with E-state index in [9.17, 15) is 4.79 Å². The van der Waals surface area contributed by atoms with Crippen LogP contribution in [0.25, 0.3) is 0 Å². The van der Waals surface area contributed by atoms with E-state index in [1.165, 1.54) is 22.8 Å². The van der Waals surface area contributed by atoms with E-state index < -0.39 is 7.26 Å². The van der Waals surface area contributed by atoms with E-state index in [0.717, 1.165) is 5.56 Å². The first-order valence-corrected chi connectivity index (χ1v) is 18.0. The maximum absolute atomic E-state index is 12.0. The van der Waals surface area contributed by atoms with Crippen molar-refractivity contribution in [3.63, 3.8) is 0 Å². The summed E-state index contributed by atoms with van der Waals surface area (Å²) in [7, 11) is -0.534. The summed E-state index contributed by atoms with van der Waals surface area (Å²) in [5.74, 6) is -0.0371. The average Bonchev–Trinajstić information content (AvgIpc) is 3.14. The van der Waals surface area contributed by atoms with Gasteiger partial charge in [-0.05, 0) is 48.5 Å². The zero-order valence-corrected chi connectivity index (χ0v) is 32.3. The normalized spacial score (nSPS) is 12.3. The van der Waals surface area contributed by atoms with Crippen LogP contribution in [0.15, 0.2) is 166 Å². The van der Waals surface area contributed by atoms with Gasteiger partial charge in [-0.2, -0.15) is 10.2 Å². The Hall–Kier alpha value is -4.08. The van der Waals surface area contributed by atoms with Crippen molar-refractivity contribution in [1.82, 2.24) is 10.6 Å². The van der Waals surface area contributed by atoms with Crippen LogP contribution in [0, 0.1) is 0 Å². The van der Waals surface area contributed by atoms with Gasteiger partial charge in [-0.15, -0.1) is 10.2 Å². The van der Waals surface area contributed by atoms with Crippen LogP contribution in [0.3, 0.4) is 0 Å². The molecule has 0 amide bonds. The van der Waals surface area contributed by atoms with Crippen LogP contribution in [0.5, 0.6) is 0 Å². The number of carbonyl (C=O) groups is 1. The Balaban J connectivity index is 0.00000338. The summed E-state index contributed by atoms with van der Waals surface area (Å²) in [5.41, 5.74) is 2.87. The third-order valence-electron chi connectivity index (χ3n) is 7.59. The number of amidine groups is 2. The molecular weight excluding hydrogens is 795 g/mol. The number of benzene rings is 5. The number of ketones is 1. The fourth-order valence-corrected chi connectivity index (χ4v) is 9.31. The molecule has 5 aromatic rings. The van der Waals surface area contributed by atoms with Crippen molar-refractivity contribution in [1.29, 1.82) is 0 Å². The summed E-state index contributed by atoms with van der Waals surface area (Å²) in [6, 6.07) is 48.3. The van der Waals surface area contributed by atoms with Crippen LogP contribution < -0.4 is 43.5 Å². The van der Waals surface area contributed by atoms with Crippen molar-refractivity contribution in [2.45, 2.75) is 6.92 Å². The number of Topliss-reactive ketones (excluding diaryl/α,β-unsaturated/α-hetero) is 1. The zero-order valence-electron chi connectivity index (χ0n) is 27.2. The molecule has 0 atom stereocenters. The molecule has 50 heavy (non-hydrogen) atoms. The van der Waals surface area contributed by atoms with Crippen molar-refractivity contribution in [2.75, 3.05) is 13.3 Å². The first-order chi connectivity index (χ1) is 23.4. The molecule has 0 unspecified atom stereocenters. The third-order valence-corrected chi connectivity index (χ3v) is 12.3. The van der Waals surface area contributed by atoms with Crippen LogP contribution in [-0.2, 0) is 42.3 Å². The van der Waals surface area contributed by atoms with Crippen molar-refractivity contribution >= 4 is 76.0 Å². The van der Waals surface area contributed by atoms with Gasteiger partial charge in [0.1, 0.15) is 40.9 Å². The summed E-state index contributed by atoms with van der Waals surface area (Å²) in [4.78, 5) is 12.0. The van der Waals surface area contributed by atoms with E-state index >= 15 is 0 Å². The van der Waals surface area contributed by atoms with E-state index in [1.54, 1.807) is 31.3 Å². The molecule has 257 valence electrons. The number of hydrogen-bond donors (Lipinski definition) is 2. The molecule has 5 rings (SSSR count). The minimum absolute atomic E-state index is 0. The molecular formula is C38H34BrCuN6OPS2. The molecule has 0 saturated heterocycles. The Morgan fingerprint density at radius 1 is 0.560 bits per heavy atom. The van der Waals surface area contributed by atoms with Crippen LogP contribution in [0.2, 0.25) is 0 Å². The summed E-state index contributed by atoms with van der Waals surface area (Å²) in [6.07, 6.45) is 0.531. The molecule has 0 aromatic heterocycles. The average molecular weight is 829 g/mol. The topological polar surface area (TPSA) is 90.6 Å². The Bertz CT molecular complexity index is 1850. The summed E-state index contributed by atoms with van der Waals surface area (Å²) < 4.78 is 0. The Morgan fingerprint density at radius 2 is 0.920 bits per heavy atom. The standard InChI is InChI=1S/C38H35N6OPS2.BrH.Cu/c1-28(45)29-23-25-31(26-24-29)36(41-43-37(47)39-2)35(30-15-7-3-8-16-30)42-44-38(48)40-27-46(32-17-9-4-10-18-32,33-19-11-5-12-20-33)34-21-13-6-14-22-34;;/h3-26H,27H2,1-2H3,(H3-,39,40,41,42,43,44,45,47,48);1H;/q;;+2/p-2. The maximum Gasteiger partial charge on any atom is 2.00 e. The van der Waals surface area contributed by atoms with Gasteiger partial charge in [0.25, 0.3) is 0 Å². The summed E-state index contributed by atoms with van der Waals surface area (Å²) in [5, 5.41) is 28.3. The van der Waals surface area contributed by atoms with Gasteiger partial charge >= 0.3 is 17.1 Å². The second-order valence-corrected chi connectivity index (χ2v) is 14.9. The van der Waals surface area contributed by atoms with Gasteiger partial charge in [-0.25, -0.2) is 0 Å². The Morgan fingerprint density at radius 3 is 1.32 bits per heavy atom. The monoisotopic (exact) mass is 827 g/mol. The molecule has 0 fully saturated rings. The van der Waals surface area contributed by atoms with Crippen LogP contribution in [-0.4, -0.2) is 40.9 Å². The molecule has 0 heterocycles. The minimum Gasteiger partial charge on any atom is -1.00 e. The number of carbonyl (C=O) groups excluding carboxylic acids is 1. The maximum atomic E-state index is 12.0. The molecule has 0 bridgehead atoms. The summed E-state index contributed by atoms with van der Waals surface area (Å²) in [6.45, 7) is 1.53. The first kappa shape index (κ1) is 40.3. The van der Waals surface area contributed by atoms with E-state index in [4.69, 9.17) is 25.3 Å². The smallest absolute Gasteiger partial charge is 1.00 e. The van der Waals surface area contributed by atoms with E-state index in [-0.39, 0.29) is 50.2 Å². The Kier molecular flexibility index (Phi) is 16.1. The van der Waals surface area contributed by atoms with Crippen molar-refractivity contribution in [3.05, 3.63) is 162 Å². The molecule has 0 spiro atoms. The number of nitrogens with one attached hydrogen (secondary N) is 2. The second kappa shape index (κ2) is 19.9. The SMILES string of the molecule is CNC([S-])=NN=C(C(=NN=C([S-])NC[P+](c1ccccc1)(c1ccccc1)c1ccccc1)c1ccccc1)c1ccc(C(C)=O)cc1.[Br-].[Cu+2]. The quantitative estimate of drug-likeness (QED) is 0.0407. The summed E-state index contributed by atoms with van der Waals surface area (Å²) >= 11 is 11.1. The van der Waals surface area contributed by atoms with Crippen LogP contribution in [0.4, 0.5) is 0 Å². The number of rotatable bonds is 11. The molecule has 0 aliphatic heterocycles. The number of halogens is 1. The first-order valence-electron chi connectivity index (χ1n) is 15.2. The molecule has 2 N–H and O–H groups in total. The Labute approximate surface area is 326 Å². The predicted molar refractivity (Wildman–Crippen MR) is 208 cm³/mol.